The molecule has 21 heavy (non-hydrogen) atoms. The molecule has 0 aromatic rings. The molecule has 2 saturated heterocycles. The standard InChI is InChI=1S/C17H28N2O2/c1-13(2)14-5-6-15-12-19(9-10-21-16(15)11-14)17(20)18-7-3-4-8-18/h14-16H,1,3-12H2,2H3. The maximum absolute atomic E-state index is 12.6. The fraction of sp³-hybridized carbons (Fsp3) is 0.824. The lowest BCUT2D eigenvalue weighted by molar-refractivity contribution is -0.00316. The van der Waals surface area contributed by atoms with Crippen molar-refractivity contribution in [3.8, 4) is 0 Å². The van der Waals surface area contributed by atoms with Crippen molar-refractivity contribution < 1.29 is 9.53 Å². The van der Waals surface area contributed by atoms with Crippen LogP contribution >= 0.6 is 0 Å². The number of ether oxygens (including phenoxy) is 1. The first kappa shape index (κ1) is 14.9. The molecule has 0 N–H and O–H groups in total. The summed E-state index contributed by atoms with van der Waals surface area (Å²) in [6.07, 6.45) is 6.07. The summed E-state index contributed by atoms with van der Waals surface area (Å²) in [6, 6.07) is 0.235. The number of carbonyl (C=O) groups is 1. The Labute approximate surface area is 128 Å². The molecule has 4 nitrogen and oxygen atoms in total. The molecule has 1 aliphatic carbocycles. The van der Waals surface area contributed by atoms with Gasteiger partial charge in [0.05, 0.1) is 12.7 Å². The number of fused-ring (bicyclic) bond motifs is 1. The summed E-state index contributed by atoms with van der Waals surface area (Å²) >= 11 is 0. The monoisotopic (exact) mass is 292 g/mol. The number of hydrogen-bond donors (Lipinski definition) is 0. The Morgan fingerprint density at radius 1 is 1.14 bits per heavy atom. The van der Waals surface area contributed by atoms with E-state index < -0.39 is 0 Å². The first-order valence-electron chi connectivity index (χ1n) is 8.46. The van der Waals surface area contributed by atoms with E-state index in [1.54, 1.807) is 0 Å². The van der Waals surface area contributed by atoms with Crippen LogP contribution in [0.15, 0.2) is 12.2 Å². The van der Waals surface area contributed by atoms with Crippen LogP contribution in [0.5, 0.6) is 0 Å². The Morgan fingerprint density at radius 2 is 1.90 bits per heavy atom. The van der Waals surface area contributed by atoms with E-state index in [2.05, 4.69) is 13.5 Å². The maximum Gasteiger partial charge on any atom is 0.320 e. The van der Waals surface area contributed by atoms with Crippen molar-refractivity contribution in [3.05, 3.63) is 12.2 Å². The van der Waals surface area contributed by atoms with Crippen molar-refractivity contribution in [2.45, 2.75) is 45.1 Å². The summed E-state index contributed by atoms with van der Waals surface area (Å²) in [4.78, 5) is 16.6. The topological polar surface area (TPSA) is 32.8 Å². The lowest BCUT2D eigenvalue weighted by atomic mass is 9.77. The molecule has 0 spiro atoms. The highest BCUT2D eigenvalue weighted by Crippen LogP contribution is 2.36. The van der Waals surface area contributed by atoms with Gasteiger partial charge >= 0.3 is 6.03 Å². The van der Waals surface area contributed by atoms with Crippen LogP contribution in [-0.2, 0) is 4.74 Å². The SMILES string of the molecule is C=C(C)C1CCC2CN(C(=O)N3CCCC3)CCOC2C1. The predicted octanol–water partition coefficient (Wildman–Crippen LogP) is 2.90. The molecule has 3 aliphatic rings. The lowest BCUT2D eigenvalue weighted by Crippen LogP contribution is -2.45. The Balaban J connectivity index is 1.61. The van der Waals surface area contributed by atoms with Crippen LogP contribution in [0, 0.1) is 11.8 Å². The second-order valence-electron chi connectivity index (χ2n) is 6.95. The average molecular weight is 292 g/mol. The molecule has 118 valence electrons. The van der Waals surface area contributed by atoms with Crippen molar-refractivity contribution in [1.82, 2.24) is 9.80 Å². The zero-order chi connectivity index (χ0) is 14.8. The highest BCUT2D eigenvalue weighted by molar-refractivity contribution is 5.74. The number of hydrogen-bond acceptors (Lipinski definition) is 2. The largest absolute Gasteiger partial charge is 0.376 e. The van der Waals surface area contributed by atoms with Crippen molar-refractivity contribution in [1.29, 1.82) is 0 Å². The fourth-order valence-corrected chi connectivity index (χ4v) is 4.02. The minimum Gasteiger partial charge on any atom is -0.376 e. The van der Waals surface area contributed by atoms with Gasteiger partial charge in [-0.25, -0.2) is 4.79 Å². The van der Waals surface area contributed by atoms with Crippen LogP contribution in [-0.4, -0.2) is 54.7 Å². The highest BCUT2D eigenvalue weighted by atomic mass is 16.5. The molecule has 0 radical (unpaired) electrons. The Morgan fingerprint density at radius 3 is 2.62 bits per heavy atom. The molecule has 4 heteroatoms. The summed E-state index contributed by atoms with van der Waals surface area (Å²) in [5.74, 6) is 1.11. The van der Waals surface area contributed by atoms with Crippen molar-refractivity contribution >= 4 is 6.03 Å². The van der Waals surface area contributed by atoms with Gasteiger partial charge in [0.2, 0.25) is 0 Å². The summed E-state index contributed by atoms with van der Waals surface area (Å²) in [7, 11) is 0. The molecule has 3 fully saturated rings. The van der Waals surface area contributed by atoms with Gasteiger partial charge in [0.15, 0.2) is 0 Å². The number of amides is 2. The van der Waals surface area contributed by atoms with E-state index in [-0.39, 0.29) is 6.03 Å². The first-order valence-corrected chi connectivity index (χ1v) is 8.46. The molecular formula is C17H28N2O2. The van der Waals surface area contributed by atoms with E-state index >= 15 is 0 Å². The quantitative estimate of drug-likeness (QED) is 0.696. The van der Waals surface area contributed by atoms with Crippen molar-refractivity contribution in [3.63, 3.8) is 0 Å². The molecule has 2 amide bonds. The lowest BCUT2D eigenvalue weighted by Gasteiger charge is -2.36. The van der Waals surface area contributed by atoms with Gasteiger partial charge in [-0.1, -0.05) is 12.2 Å². The zero-order valence-corrected chi connectivity index (χ0v) is 13.2. The minimum absolute atomic E-state index is 0.235. The van der Waals surface area contributed by atoms with Gasteiger partial charge in [0.1, 0.15) is 0 Å². The van der Waals surface area contributed by atoms with Crippen molar-refractivity contribution in [2.75, 3.05) is 32.8 Å². The Kier molecular flexibility index (Phi) is 4.53. The highest BCUT2D eigenvalue weighted by Gasteiger charge is 2.36. The second kappa shape index (κ2) is 6.39. The third-order valence-corrected chi connectivity index (χ3v) is 5.42. The number of likely N-dealkylation sites (tertiary alicyclic amines) is 1. The maximum atomic E-state index is 12.6. The molecule has 0 bridgehead atoms. The van der Waals surface area contributed by atoms with Gasteiger partial charge in [-0.15, -0.1) is 0 Å². The summed E-state index contributed by atoms with van der Waals surface area (Å²) < 4.78 is 6.08. The van der Waals surface area contributed by atoms with Gasteiger partial charge in [0.25, 0.3) is 0 Å². The summed E-state index contributed by atoms with van der Waals surface area (Å²) in [6.45, 7) is 10.4. The van der Waals surface area contributed by atoms with Gasteiger partial charge in [0, 0.05) is 32.1 Å². The van der Waals surface area contributed by atoms with Gasteiger partial charge in [-0.05, 0) is 44.9 Å². The smallest absolute Gasteiger partial charge is 0.320 e. The number of allylic oxidation sites excluding steroid dienone is 1. The summed E-state index contributed by atoms with van der Waals surface area (Å²) in [5.41, 5.74) is 1.28. The molecule has 3 rings (SSSR count). The van der Waals surface area contributed by atoms with Gasteiger partial charge < -0.3 is 14.5 Å². The normalized spacial score (nSPS) is 33.5. The van der Waals surface area contributed by atoms with E-state index in [1.807, 2.05) is 9.80 Å². The number of carbonyl (C=O) groups excluding carboxylic acids is 1. The van der Waals surface area contributed by atoms with Crippen LogP contribution in [0.1, 0.15) is 39.0 Å². The van der Waals surface area contributed by atoms with E-state index in [0.717, 1.165) is 51.9 Å². The molecule has 2 aliphatic heterocycles. The molecule has 2 heterocycles. The molecule has 3 atom stereocenters. The van der Waals surface area contributed by atoms with E-state index in [0.29, 0.717) is 24.5 Å². The van der Waals surface area contributed by atoms with E-state index in [9.17, 15) is 4.79 Å². The average Bonchev–Trinajstić information content (AvgIpc) is 2.92. The second-order valence-corrected chi connectivity index (χ2v) is 6.95. The van der Waals surface area contributed by atoms with Crippen LogP contribution in [0.3, 0.4) is 0 Å². The molecule has 0 aromatic carbocycles. The first-order chi connectivity index (χ1) is 10.1. The Bertz CT molecular complexity index is 404. The third-order valence-electron chi connectivity index (χ3n) is 5.42. The van der Waals surface area contributed by atoms with Crippen LogP contribution < -0.4 is 0 Å². The Hall–Kier alpha value is -1.03. The summed E-state index contributed by atoms with van der Waals surface area (Å²) in [5, 5.41) is 0. The molecule has 3 unspecified atom stereocenters. The van der Waals surface area contributed by atoms with Crippen LogP contribution in [0.2, 0.25) is 0 Å². The zero-order valence-electron chi connectivity index (χ0n) is 13.2. The molecular weight excluding hydrogens is 264 g/mol. The van der Waals surface area contributed by atoms with Gasteiger partial charge in [-0.2, -0.15) is 0 Å². The number of rotatable bonds is 1. The van der Waals surface area contributed by atoms with Gasteiger partial charge in [-0.3, -0.25) is 0 Å². The molecule has 0 aromatic heterocycles. The van der Waals surface area contributed by atoms with Crippen LogP contribution in [0.4, 0.5) is 4.79 Å². The predicted molar refractivity (Wildman–Crippen MR) is 83.2 cm³/mol. The fourth-order valence-electron chi connectivity index (χ4n) is 4.02. The number of urea groups is 1. The third kappa shape index (κ3) is 3.25. The van der Waals surface area contributed by atoms with E-state index in [4.69, 9.17) is 4.74 Å². The van der Waals surface area contributed by atoms with Crippen molar-refractivity contribution in [2.24, 2.45) is 11.8 Å². The molecule has 1 saturated carbocycles. The van der Waals surface area contributed by atoms with E-state index in [1.165, 1.54) is 12.0 Å². The minimum atomic E-state index is 0.235. The number of nitrogens with zero attached hydrogens (tertiary/aromatic N) is 2. The van der Waals surface area contributed by atoms with Crippen LogP contribution in [0.25, 0.3) is 0 Å².